The molecule has 2 bridgehead atoms. The van der Waals surface area contributed by atoms with Crippen LogP contribution in [-0.4, -0.2) is 31.1 Å². The Bertz CT molecular complexity index is 816. The molecule has 2 saturated carbocycles. The fourth-order valence-corrected chi connectivity index (χ4v) is 6.30. The molecule has 3 rings (SSSR count). The zero-order valence-electron chi connectivity index (χ0n) is 14.2. The summed E-state index contributed by atoms with van der Waals surface area (Å²) in [6.45, 7) is 3.99. The number of amides is 1. The zero-order valence-corrected chi connectivity index (χ0v) is 15.0. The van der Waals surface area contributed by atoms with Crippen molar-refractivity contribution in [2.45, 2.75) is 33.1 Å². The van der Waals surface area contributed by atoms with Gasteiger partial charge in [0.15, 0.2) is 0 Å². The van der Waals surface area contributed by atoms with Gasteiger partial charge in [-0.2, -0.15) is 0 Å². The lowest BCUT2D eigenvalue weighted by molar-refractivity contribution is -0.128. The van der Waals surface area contributed by atoms with E-state index in [2.05, 4.69) is 4.72 Å². The molecule has 1 amide bonds. The normalized spacial score (nSPS) is 27.3. The fourth-order valence-electron chi connectivity index (χ4n) is 4.40. The molecule has 1 aromatic carbocycles. The number of benzene rings is 1. The number of anilines is 1. The van der Waals surface area contributed by atoms with Gasteiger partial charge in [-0.25, -0.2) is 13.9 Å². The molecular formula is C17H22N2O5S. The third-order valence-electron chi connectivity index (χ3n) is 6.10. The van der Waals surface area contributed by atoms with Crippen LogP contribution >= 0.6 is 0 Å². The molecule has 0 aliphatic heterocycles. The monoisotopic (exact) mass is 366 g/mol. The van der Waals surface area contributed by atoms with E-state index < -0.39 is 21.3 Å². The van der Waals surface area contributed by atoms with Crippen LogP contribution in [0.4, 0.5) is 5.69 Å². The van der Waals surface area contributed by atoms with E-state index in [0.717, 1.165) is 6.42 Å². The van der Waals surface area contributed by atoms with Crippen molar-refractivity contribution in [1.82, 2.24) is 5.48 Å². The minimum atomic E-state index is -3.73. The standard InChI is InChI=1S/C17H22N2O5S/c1-16(2)12-7-8-17(16,14(20)9-12)10-25(23,24)19-13-5-3-11(4-6-13)15(21)18-22/h3-6,12,19,22H,7-10H2,1-2H3,(H,18,21). The lowest BCUT2D eigenvalue weighted by Gasteiger charge is -2.36. The molecule has 7 nitrogen and oxygen atoms in total. The first-order valence-electron chi connectivity index (χ1n) is 8.20. The molecule has 2 atom stereocenters. The molecule has 0 spiro atoms. The lowest BCUT2D eigenvalue weighted by atomic mass is 9.70. The Hall–Kier alpha value is -1.93. The van der Waals surface area contributed by atoms with E-state index in [0.29, 0.717) is 18.5 Å². The number of rotatable bonds is 5. The van der Waals surface area contributed by atoms with Gasteiger partial charge in [-0.15, -0.1) is 0 Å². The number of Topliss-reactive ketones (excluding diaryl/α,β-unsaturated/α-hetero) is 1. The molecule has 25 heavy (non-hydrogen) atoms. The molecule has 0 aromatic heterocycles. The number of hydroxylamine groups is 1. The van der Waals surface area contributed by atoms with Gasteiger partial charge in [0.2, 0.25) is 10.0 Å². The van der Waals surface area contributed by atoms with E-state index in [-0.39, 0.29) is 28.4 Å². The van der Waals surface area contributed by atoms with Crippen LogP contribution < -0.4 is 10.2 Å². The summed E-state index contributed by atoms with van der Waals surface area (Å²) in [5, 5.41) is 8.59. The van der Waals surface area contributed by atoms with Crippen molar-refractivity contribution in [3.8, 4) is 0 Å². The Morgan fingerprint density at radius 1 is 1.28 bits per heavy atom. The summed E-state index contributed by atoms with van der Waals surface area (Å²) in [7, 11) is -3.73. The summed E-state index contributed by atoms with van der Waals surface area (Å²) in [5.41, 5.74) is 0.889. The molecule has 0 radical (unpaired) electrons. The number of carbonyl (C=O) groups is 2. The van der Waals surface area contributed by atoms with Crippen molar-refractivity contribution >= 4 is 27.4 Å². The molecular weight excluding hydrogens is 344 g/mol. The summed E-state index contributed by atoms with van der Waals surface area (Å²) in [6, 6.07) is 5.69. The van der Waals surface area contributed by atoms with E-state index in [1.54, 1.807) is 0 Å². The largest absolute Gasteiger partial charge is 0.299 e. The number of fused-ring (bicyclic) bond motifs is 2. The molecule has 2 aliphatic carbocycles. The van der Waals surface area contributed by atoms with Crippen LogP contribution in [0.15, 0.2) is 24.3 Å². The van der Waals surface area contributed by atoms with Gasteiger partial charge in [-0.05, 0) is 48.4 Å². The van der Waals surface area contributed by atoms with E-state index in [4.69, 9.17) is 5.21 Å². The van der Waals surface area contributed by atoms with E-state index in [9.17, 15) is 18.0 Å². The first-order chi connectivity index (χ1) is 11.6. The molecule has 8 heteroatoms. The maximum absolute atomic E-state index is 12.7. The van der Waals surface area contributed by atoms with Crippen LogP contribution in [0.3, 0.4) is 0 Å². The highest BCUT2D eigenvalue weighted by Gasteiger charge is 2.65. The minimum Gasteiger partial charge on any atom is -0.299 e. The number of hydrogen-bond donors (Lipinski definition) is 3. The number of nitrogens with one attached hydrogen (secondary N) is 2. The topological polar surface area (TPSA) is 113 Å². The highest BCUT2D eigenvalue weighted by Crippen LogP contribution is 2.64. The van der Waals surface area contributed by atoms with Crippen molar-refractivity contribution in [1.29, 1.82) is 0 Å². The second-order valence-electron chi connectivity index (χ2n) is 7.55. The van der Waals surface area contributed by atoms with Crippen LogP contribution in [0, 0.1) is 16.7 Å². The second-order valence-corrected chi connectivity index (χ2v) is 9.27. The number of hydrogen-bond acceptors (Lipinski definition) is 5. The Balaban J connectivity index is 1.79. The lowest BCUT2D eigenvalue weighted by Crippen LogP contribution is -2.43. The third-order valence-corrected chi connectivity index (χ3v) is 7.52. The number of sulfonamides is 1. The second kappa shape index (κ2) is 5.81. The molecule has 3 N–H and O–H groups in total. The van der Waals surface area contributed by atoms with Gasteiger partial charge in [0.25, 0.3) is 5.91 Å². The van der Waals surface area contributed by atoms with Gasteiger partial charge in [0, 0.05) is 17.7 Å². The first kappa shape index (κ1) is 17.9. The highest BCUT2D eigenvalue weighted by atomic mass is 32.2. The fraction of sp³-hybridized carbons (Fsp3) is 0.529. The number of ketones is 1. The average molecular weight is 366 g/mol. The van der Waals surface area contributed by atoms with Crippen LogP contribution in [0.1, 0.15) is 43.5 Å². The van der Waals surface area contributed by atoms with Gasteiger partial charge in [-0.3, -0.25) is 19.5 Å². The Kier molecular flexibility index (Phi) is 4.15. The Morgan fingerprint density at radius 3 is 2.40 bits per heavy atom. The predicted octanol–water partition coefficient (Wildman–Crippen LogP) is 1.94. The molecule has 136 valence electrons. The van der Waals surface area contributed by atoms with Gasteiger partial charge < -0.3 is 0 Å². The van der Waals surface area contributed by atoms with Gasteiger partial charge in [0.1, 0.15) is 5.78 Å². The van der Waals surface area contributed by atoms with Crippen molar-refractivity contribution in [3.05, 3.63) is 29.8 Å². The SMILES string of the molecule is CC1(C)C2CCC1(CS(=O)(=O)Nc1ccc(C(=O)NO)cc1)C(=O)C2. The highest BCUT2D eigenvalue weighted by molar-refractivity contribution is 7.92. The van der Waals surface area contributed by atoms with Gasteiger partial charge in [-0.1, -0.05) is 13.8 Å². The van der Waals surface area contributed by atoms with Crippen LogP contribution in [0.25, 0.3) is 0 Å². The minimum absolute atomic E-state index is 0.0501. The van der Waals surface area contributed by atoms with E-state index in [1.807, 2.05) is 13.8 Å². The first-order valence-corrected chi connectivity index (χ1v) is 9.85. The summed E-state index contributed by atoms with van der Waals surface area (Å²) in [4.78, 5) is 23.8. The predicted molar refractivity (Wildman–Crippen MR) is 91.7 cm³/mol. The van der Waals surface area contributed by atoms with Crippen molar-refractivity contribution < 1.29 is 23.2 Å². The van der Waals surface area contributed by atoms with Crippen molar-refractivity contribution in [2.24, 2.45) is 16.7 Å². The maximum atomic E-state index is 12.7. The third kappa shape index (κ3) is 2.83. The van der Waals surface area contributed by atoms with Gasteiger partial charge in [0.05, 0.1) is 11.2 Å². The average Bonchev–Trinajstić information content (AvgIpc) is 2.88. The number of carbonyl (C=O) groups excluding carboxylic acids is 2. The van der Waals surface area contributed by atoms with Crippen molar-refractivity contribution in [3.63, 3.8) is 0 Å². The molecule has 0 heterocycles. The Labute approximate surface area is 146 Å². The zero-order chi connectivity index (χ0) is 18.5. The molecule has 2 unspecified atom stereocenters. The van der Waals surface area contributed by atoms with Crippen LogP contribution in [-0.2, 0) is 14.8 Å². The van der Waals surface area contributed by atoms with Crippen LogP contribution in [0.5, 0.6) is 0 Å². The van der Waals surface area contributed by atoms with Crippen LogP contribution in [0.2, 0.25) is 0 Å². The van der Waals surface area contributed by atoms with Gasteiger partial charge >= 0.3 is 0 Å². The molecule has 1 aromatic rings. The summed E-state index contributed by atoms with van der Waals surface area (Å²) < 4.78 is 27.8. The Morgan fingerprint density at radius 2 is 1.92 bits per heavy atom. The smallest absolute Gasteiger partial charge is 0.274 e. The summed E-state index contributed by atoms with van der Waals surface area (Å²) >= 11 is 0. The molecule has 2 fully saturated rings. The quantitative estimate of drug-likeness (QED) is 0.544. The van der Waals surface area contributed by atoms with E-state index in [1.165, 1.54) is 29.7 Å². The summed E-state index contributed by atoms with van der Waals surface area (Å²) in [6.07, 6.45) is 1.97. The molecule has 2 aliphatic rings. The maximum Gasteiger partial charge on any atom is 0.274 e. The summed E-state index contributed by atoms with van der Waals surface area (Å²) in [5.74, 6) is -0.592. The van der Waals surface area contributed by atoms with Crippen molar-refractivity contribution in [2.75, 3.05) is 10.5 Å². The molecule has 0 saturated heterocycles. The van der Waals surface area contributed by atoms with E-state index >= 15 is 0 Å².